The number of aliphatic hydroxyl groups excluding tert-OH is 1. The van der Waals surface area contributed by atoms with Gasteiger partial charge >= 0.3 is 6.09 Å². The molecule has 2 aromatic carbocycles. The van der Waals surface area contributed by atoms with Gasteiger partial charge in [-0.25, -0.2) is 4.79 Å². The van der Waals surface area contributed by atoms with Crippen LogP contribution in [0.25, 0.3) is 10.9 Å². The number of aryl methyl sites for hydroxylation is 1. The highest BCUT2D eigenvalue weighted by Crippen LogP contribution is 2.29. The molecule has 0 bridgehead atoms. The zero-order valence-electron chi connectivity index (χ0n) is 21.1. The minimum Gasteiger partial charge on any atom is -0.489 e. The third-order valence-corrected chi connectivity index (χ3v) is 7.60. The maximum atomic E-state index is 13.2. The molecule has 0 aliphatic carbocycles. The zero-order chi connectivity index (χ0) is 26.6. The van der Waals surface area contributed by atoms with Gasteiger partial charge < -0.3 is 24.8 Å². The van der Waals surface area contributed by atoms with E-state index in [1.54, 1.807) is 29.2 Å². The summed E-state index contributed by atoms with van der Waals surface area (Å²) in [7, 11) is 1.33. The van der Waals surface area contributed by atoms with E-state index in [2.05, 4.69) is 20.8 Å². The minimum absolute atomic E-state index is 0.143. The van der Waals surface area contributed by atoms with Crippen LogP contribution in [-0.4, -0.2) is 63.8 Å². The average molecular weight is 536 g/mol. The number of pyridine rings is 1. The molecule has 1 fully saturated rings. The molecule has 3 atom stereocenters. The number of hydrogen-bond donors (Lipinski definition) is 3. The molecule has 1 aromatic heterocycles. The van der Waals surface area contributed by atoms with Crippen molar-refractivity contribution in [3.8, 4) is 5.75 Å². The van der Waals surface area contributed by atoms with Gasteiger partial charge in [0.05, 0.1) is 18.7 Å². The molecule has 38 heavy (non-hydrogen) atoms. The lowest BCUT2D eigenvalue weighted by atomic mass is 9.92. The molecule has 3 heterocycles. The summed E-state index contributed by atoms with van der Waals surface area (Å²) in [5.41, 5.74) is 5.18. The highest BCUT2D eigenvalue weighted by Gasteiger charge is 2.38. The summed E-state index contributed by atoms with van der Waals surface area (Å²) in [6.45, 7) is 3.08. The van der Waals surface area contributed by atoms with Crippen LogP contribution >= 0.6 is 11.8 Å². The Morgan fingerprint density at radius 3 is 2.74 bits per heavy atom. The van der Waals surface area contributed by atoms with E-state index in [-0.39, 0.29) is 18.4 Å². The third kappa shape index (κ3) is 5.68. The van der Waals surface area contributed by atoms with Crippen molar-refractivity contribution in [2.75, 3.05) is 20.2 Å². The average Bonchev–Trinajstić information content (AvgIpc) is 3.37. The van der Waals surface area contributed by atoms with Crippen molar-refractivity contribution in [1.82, 2.24) is 20.6 Å². The molecule has 0 radical (unpaired) electrons. The smallest absolute Gasteiger partial charge is 0.409 e. The Morgan fingerprint density at radius 2 is 2.00 bits per heavy atom. The summed E-state index contributed by atoms with van der Waals surface area (Å²) in [5.74, 6) is 0.228. The van der Waals surface area contributed by atoms with Crippen LogP contribution in [0.5, 0.6) is 5.75 Å². The zero-order valence-corrected chi connectivity index (χ0v) is 21.9. The van der Waals surface area contributed by atoms with E-state index < -0.39 is 17.7 Å². The van der Waals surface area contributed by atoms with Gasteiger partial charge in [-0.1, -0.05) is 30.0 Å². The Labute approximate surface area is 224 Å². The number of amides is 2. The minimum atomic E-state index is -0.818. The first kappa shape index (κ1) is 25.8. The first-order valence-corrected chi connectivity index (χ1v) is 13.2. The van der Waals surface area contributed by atoms with Gasteiger partial charge in [-0.3, -0.25) is 15.2 Å². The molecule has 2 aliphatic heterocycles. The highest BCUT2D eigenvalue weighted by molar-refractivity contribution is 8.14. The molecule has 11 heteroatoms. The van der Waals surface area contributed by atoms with Crippen molar-refractivity contribution >= 4 is 39.7 Å². The lowest BCUT2D eigenvalue weighted by Crippen LogP contribution is -2.55. The molecule has 10 nitrogen and oxygen atoms in total. The number of hydrazone groups is 1. The highest BCUT2D eigenvalue weighted by atomic mass is 32.2. The van der Waals surface area contributed by atoms with E-state index in [4.69, 9.17) is 9.47 Å². The molecule has 0 spiro atoms. The quantitative estimate of drug-likeness (QED) is 0.439. The number of aliphatic hydroxyl groups is 1. The number of rotatable bonds is 6. The predicted octanol–water partition coefficient (Wildman–Crippen LogP) is 3.23. The molecule has 3 unspecified atom stereocenters. The lowest BCUT2D eigenvalue weighted by molar-refractivity contribution is 0.0832. The van der Waals surface area contributed by atoms with Gasteiger partial charge in [-0.05, 0) is 49.7 Å². The van der Waals surface area contributed by atoms with E-state index in [0.717, 1.165) is 22.2 Å². The molecule has 3 N–H and O–H groups in total. The summed E-state index contributed by atoms with van der Waals surface area (Å²) >= 11 is 1.21. The normalized spacial score (nSPS) is 21.0. The van der Waals surface area contributed by atoms with Crippen LogP contribution in [-0.2, 0) is 11.3 Å². The van der Waals surface area contributed by atoms with Crippen LogP contribution in [0.2, 0.25) is 0 Å². The number of likely N-dealkylation sites (tertiary alicyclic amines) is 1. The second-order valence-corrected chi connectivity index (χ2v) is 10.3. The predicted molar refractivity (Wildman–Crippen MR) is 145 cm³/mol. The maximum Gasteiger partial charge on any atom is 0.409 e. The number of carbonyl (C=O) groups is 2. The second kappa shape index (κ2) is 11.3. The molecular weight excluding hydrogens is 506 g/mol. The number of benzene rings is 2. The van der Waals surface area contributed by atoms with Gasteiger partial charge in [0, 0.05) is 41.2 Å². The molecule has 5 rings (SSSR count). The summed E-state index contributed by atoms with van der Waals surface area (Å²) in [4.78, 5) is 31.4. The van der Waals surface area contributed by atoms with Crippen LogP contribution in [0, 0.1) is 12.8 Å². The van der Waals surface area contributed by atoms with Crippen molar-refractivity contribution in [2.24, 2.45) is 11.0 Å². The number of aromatic nitrogens is 1. The monoisotopic (exact) mass is 535 g/mol. The first-order chi connectivity index (χ1) is 18.4. The van der Waals surface area contributed by atoms with E-state index >= 15 is 0 Å². The first-order valence-electron chi connectivity index (χ1n) is 12.3. The van der Waals surface area contributed by atoms with Crippen molar-refractivity contribution in [1.29, 1.82) is 0 Å². The van der Waals surface area contributed by atoms with E-state index in [1.807, 2.05) is 37.3 Å². The number of ether oxygens (including phenoxy) is 2. The second-order valence-electron chi connectivity index (χ2n) is 9.19. The molecule has 3 aromatic rings. The molecule has 2 aliphatic rings. The van der Waals surface area contributed by atoms with Crippen molar-refractivity contribution in [3.63, 3.8) is 0 Å². The number of methoxy groups -OCH3 is 1. The van der Waals surface area contributed by atoms with Crippen LogP contribution in [0.1, 0.15) is 28.0 Å². The standard InChI is InChI=1S/C27H29N5O5S/c1-16-13-18(20-5-3-4-6-22(20)28-16)15-37-19-9-7-17(8-10-19)24(33)29-23-14-32(27(35)36-2)12-11-21(23)25-30-31-26(34)38-25/h3-10,13,21,23,26,31,34H,11-12,14-15H2,1-2H3,(H,29,33). The Morgan fingerprint density at radius 1 is 1.21 bits per heavy atom. The molecule has 198 valence electrons. The van der Waals surface area contributed by atoms with Crippen LogP contribution < -0.4 is 15.5 Å². The Balaban J connectivity index is 1.25. The number of nitrogens with one attached hydrogen (secondary N) is 2. The van der Waals surface area contributed by atoms with E-state index in [1.165, 1.54) is 18.9 Å². The third-order valence-electron chi connectivity index (χ3n) is 6.64. The number of hydrogen-bond acceptors (Lipinski definition) is 9. The van der Waals surface area contributed by atoms with E-state index in [9.17, 15) is 14.7 Å². The number of thioether (sulfide) groups is 1. The Kier molecular flexibility index (Phi) is 7.66. The van der Waals surface area contributed by atoms with Crippen molar-refractivity contribution in [2.45, 2.75) is 31.6 Å². The van der Waals surface area contributed by atoms with Crippen LogP contribution in [0.15, 0.2) is 59.7 Å². The number of para-hydroxylation sites is 1. The number of nitrogens with zero attached hydrogens (tertiary/aromatic N) is 3. The largest absolute Gasteiger partial charge is 0.489 e. The molecule has 2 amide bonds. The number of fused-ring (bicyclic) bond motifs is 1. The summed E-state index contributed by atoms with van der Waals surface area (Å²) < 4.78 is 10.9. The van der Waals surface area contributed by atoms with Gasteiger partial charge in [0.15, 0.2) is 5.56 Å². The Bertz CT molecular complexity index is 1370. The van der Waals surface area contributed by atoms with Crippen molar-refractivity contribution < 1.29 is 24.2 Å². The summed E-state index contributed by atoms with van der Waals surface area (Å²) in [5, 5.41) is 18.8. The van der Waals surface area contributed by atoms with Gasteiger partial charge in [0.25, 0.3) is 5.91 Å². The van der Waals surface area contributed by atoms with Gasteiger partial charge in [0.1, 0.15) is 17.4 Å². The van der Waals surface area contributed by atoms with Crippen LogP contribution in [0.4, 0.5) is 4.79 Å². The summed E-state index contributed by atoms with van der Waals surface area (Å²) in [6, 6.07) is 16.5. The van der Waals surface area contributed by atoms with Gasteiger partial charge in [-0.2, -0.15) is 5.10 Å². The van der Waals surface area contributed by atoms with Gasteiger partial charge in [-0.15, -0.1) is 0 Å². The van der Waals surface area contributed by atoms with Crippen molar-refractivity contribution in [3.05, 3.63) is 71.4 Å². The fourth-order valence-electron chi connectivity index (χ4n) is 4.77. The fourth-order valence-corrected chi connectivity index (χ4v) is 5.67. The molecule has 0 saturated carbocycles. The molecule has 1 saturated heterocycles. The number of piperidine rings is 1. The van der Waals surface area contributed by atoms with Crippen LogP contribution in [0.3, 0.4) is 0 Å². The molecular formula is C27H29N5O5S. The SMILES string of the molecule is COC(=O)N1CCC(C2=NNC(O)S2)C(NC(=O)c2ccc(OCc3cc(C)nc4ccccc34)cc2)C1. The van der Waals surface area contributed by atoms with E-state index in [0.29, 0.717) is 35.9 Å². The maximum absolute atomic E-state index is 13.2. The topological polar surface area (TPSA) is 125 Å². The lowest BCUT2D eigenvalue weighted by Gasteiger charge is -2.37. The summed E-state index contributed by atoms with van der Waals surface area (Å²) in [6.07, 6.45) is 0.136. The number of carbonyl (C=O) groups excluding carboxylic acids is 2. The Hall–Kier alpha value is -3.83. The van der Waals surface area contributed by atoms with Gasteiger partial charge in [0.2, 0.25) is 0 Å². The fraction of sp³-hybridized carbons (Fsp3) is 0.333.